The summed E-state index contributed by atoms with van der Waals surface area (Å²) in [5.74, 6) is 1.07. The number of nitrogens with two attached hydrogens (primary N) is 1. The summed E-state index contributed by atoms with van der Waals surface area (Å²) in [5.41, 5.74) is 6.93. The molecule has 10 nitrogen and oxygen atoms in total. The van der Waals surface area contributed by atoms with Crippen LogP contribution in [0.15, 0.2) is 43.0 Å². The normalized spacial score (nSPS) is 14.4. The molecule has 0 amide bonds. The molecule has 4 aromatic rings. The van der Waals surface area contributed by atoms with Crippen molar-refractivity contribution >= 4 is 46.0 Å². The number of fused-ring (bicyclic) bond motifs is 1. The number of anilines is 3. The van der Waals surface area contributed by atoms with E-state index in [0.29, 0.717) is 29.1 Å². The Morgan fingerprint density at radius 2 is 1.95 bits per heavy atom. The van der Waals surface area contributed by atoms with E-state index < -0.39 is 11.7 Å². The lowest BCUT2D eigenvalue weighted by Gasteiger charge is -2.31. The maximum Gasteiger partial charge on any atom is 0.416 e. The van der Waals surface area contributed by atoms with Gasteiger partial charge in [-0.25, -0.2) is 15.0 Å². The van der Waals surface area contributed by atoms with Gasteiger partial charge in [0.2, 0.25) is 5.95 Å². The smallest absolute Gasteiger partial charge is 0.416 e. The molecule has 1 fully saturated rings. The summed E-state index contributed by atoms with van der Waals surface area (Å²) in [7, 11) is 3.36. The lowest BCUT2D eigenvalue weighted by Crippen LogP contribution is -2.36. The molecule has 4 N–H and O–H groups in total. The number of halogens is 4. The van der Waals surface area contributed by atoms with Crippen LogP contribution in [-0.2, 0) is 19.8 Å². The van der Waals surface area contributed by atoms with Gasteiger partial charge in [-0.1, -0.05) is 11.6 Å². The average Bonchev–Trinajstić information content (AvgIpc) is 3.20. The first kappa shape index (κ1) is 26.5. The zero-order chi connectivity index (χ0) is 27.7. The summed E-state index contributed by atoms with van der Waals surface area (Å²) in [6.07, 6.45) is 2.18. The number of ether oxygens (including phenoxy) is 1. The van der Waals surface area contributed by atoms with Crippen molar-refractivity contribution in [1.82, 2.24) is 29.4 Å². The Bertz CT molecular complexity index is 1550. The summed E-state index contributed by atoms with van der Waals surface area (Å²) in [6.45, 7) is 2.17. The molecule has 1 aliphatic rings. The topological polar surface area (TPSA) is 119 Å². The molecule has 1 aromatic carbocycles. The molecule has 3 aromatic heterocycles. The minimum absolute atomic E-state index is 0.180. The lowest BCUT2D eigenvalue weighted by atomic mass is 10.1. The van der Waals surface area contributed by atoms with Crippen molar-refractivity contribution in [3.63, 3.8) is 0 Å². The van der Waals surface area contributed by atoms with Crippen LogP contribution in [-0.4, -0.2) is 49.5 Å². The third-order valence-electron chi connectivity index (χ3n) is 6.28. The zero-order valence-corrected chi connectivity index (χ0v) is 21.8. The summed E-state index contributed by atoms with van der Waals surface area (Å²) >= 11 is 6.69. The van der Waals surface area contributed by atoms with Crippen LogP contribution in [0.3, 0.4) is 0 Å². The largest absolute Gasteiger partial charge is 0.450 e. The molecule has 0 spiro atoms. The summed E-state index contributed by atoms with van der Waals surface area (Å²) in [5, 5.41) is 6.10. The Morgan fingerprint density at radius 3 is 2.62 bits per heavy atom. The number of hydrogen-bond acceptors (Lipinski definition) is 9. The van der Waals surface area contributed by atoms with Gasteiger partial charge < -0.3 is 25.7 Å². The van der Waals surface area contributed by atoms with Crippen LogP contribution in [0.2, 0.25) is 5.02 Å². The van der Waals surface area contributed by atoms with E-state index in [2.05, 4.69) is 35.5 Å². The number of benzene rings is 1. The summed E-state index contributed by atoms with van der Waals surface area (Å²) in [6, 6.07) is 3.93. The predicted octanol–water partition coefficient (Wildman–Crippen LogP) is 4.76. The Morgan fingerprint density at radius 1 is 1.18 bits per heavy atom. The Labute approximate surface area is 226 Å². The molecular weight excluding hydrogens is 535 g/mol. The number of aryl methyl sites for hydroxylation is 1. The van der Waals surface area contributed by atoms with Gasteiger partial charge in [0.25, 0.3) is 0 Å². The quantitative estimate of drug-likeness (QED) is 0.263. The number of hydrogen-bond donors (Lipinski definition) is 3. The highest BCUT2D eigenvalue weighted by molar-refractivity contribution is 6.36. The van der Waals surface area contributed by atoms with E-state index in [0.717, 1.165) is 25.6 Å². The van der Waals surface area contributed by atoms with Gasteiger partial charge >= 0.3 is 6.18 Å². The molecule has 0 atom stereocenters. The molecule has 0 radical (unpaired) electrons. The third kappa shape index (κ3) is 5.40. The second-order valence-electron chi connectivity index (χ2n) is 8.91. The summed E-state index contributed by atoms with van der Waals surface area (Å²) < 4.78 is 48.5. The first-order chi connectivity index (χ1) is 18.7. The molecule has 4 heterocycles. The molecule has 0 bridgehead atoms. The fraction of sp³-hybridized carbons (Fsp3) is 0.280. The highest BCUT2D eigenvalue weighted by Crippen LogP contribution is 2.37. The van der Waals surface area contributed by atoms with Gasteiger partial charge in [-0.2, -0.15) is 18.2 Å². The van der Waals surface area contributed by atoms with Crippen molar-refractivity contribution in [1.29, 1.82) is 0 Å². The lowest BCUT2D eigenvalue weighted by molar-refractivity contribution is -0.137. The van der Waals surface area contributed by atoms with E-state index in [1.54, 1.807) is 24.7 Å². The van der Waals surface area contributed by atoms with Gasteiger partial charge in [-0.3, -0.25) is 4.90 Å². The number of alkyl halides is 3. The molecule has 1 saturated heterocycles. The number of nitrogens with one attached hydrogen (secondary N) is 2. The van der Waals surface area contributed by atoms with E-state index in [1.165, 1.54) is 30.9 Å². The molecule has 0 saturated carbocycles. The van der Waals surface area contributed by atoms with E-state index >= 15 is 0 Å². The molecular formula is C25H25ClF3N9O. The fourth-order valence-corrected chi connectivity index (χ4v) is 4.52. The van der Waals surface area contributed by atoms with Crippen LogP contribution in [0.4, 0.5) is 30.6 Å². The number of likely N-dealkylation sites (tertiary alicyclic amines) is 1. The van der Waals surface area contributed by atoms with Gasteiger partial charge in [-0.05, 0) is 43.3 Å². The van der Waals surface area contributed by atoms with Crippen LogP contribution in [0.1, 0.15) is 23.2 Å². The number of imidazole rings is 1. The van der Waals surface area contributed by atoms with Crippen molar-refractivity contribution in [2.24, 2.45) is 12.8 Å². The fourth-order valence-electron chi connectivity index (χ4n) is 4.22. The standard InChI is InChI=1S/C25H25ClF3N9O/c1-31-22-20(32-4-5-33-22)17(11-30)39-18-12-34-23-21(19(18)26)37(2)24(36-23)35-16-9-14(13-38-6-3-7-38)8-15(10-16)25(27,28)29/h4-5,8-12H,3,6-7,13,30H2,1-2H3,(H,31,33)(H,34,35,36)/b17-11+. The summed E-state index contributed by atoms with van der Waals surface area (Å²) in [4.78, 5) is 19.3. The predicted molar refractivity (Wildman–Crippen MR) is 143 cm³/mol. The van der Waals surface area contributed by atoms with E-state index in [4.69, 9.17) is 22.1 Å². The van der Waals surface area contributed by atoms with Gasteiger partial charge in [0.15, 0.2) is 23.0 Å². The monoisotopic (exact) mass is 559 g/mol. The highest BCUT2D eigenvalue weighted by atomic mass is 35.5. The Hall–Kier alpha value is -4.10. The van der Waals surface area contributed by atoms with Crippen LogP contribution in [0.5, 0.6) is 5.75 Å². The van der Waals surface area contributed by atoms with Crippen LogP contribution in [0, 0.1) is 0 Å². The van der Waals surface area contributed by atoms with Crippen molar-refractivity contribution in [3.8, 4) is 5.75 Å². The van der Waals surface area contributed by atoms with Crippen molar-refractivity contribution in [2.75, 3.05) is 30.8 Å². The van der Waals surface area contributed by atoms with E-state index in [9.17, 15) is 13.2 Å². The zero-order valence-electron chi connectivity index (χ0n) is 21.1. The Kier molecular flexibility index (Phi) is 7.19. The first-order valence-electron chi connectivity index (χ1n) is 12.0. The number of aromatic nitrogens is 5. The molecule has 1 aliphatic heterocycles. The first-order valence-corrected chi connectivity index (χ1v) is 12.4. The van der Waals surface area contributed by atoms with Crippen LogP contribution in [0.25, 0.3) is 16.9 Å². The van der Waals surface area contributed by atoms with Crippen molar-refractivity contribution < 1.29 is 17.9 Å². The minimum Gasteiger partial charge on any atom is -0.450 e. The maximum absolute atomic E-state index is 13.6. The van der Waals surface area contributed by atoms with E-state index in [1.807, 2.05) is 0 Å². The highest BCUT2D eigenvalue weighted by Gasteiger charge is 2.32. The SMILES string of the molecule is CNc1nccnc1/C(=C\N)Oc1cnc2nc(Nc3cc(CN4CCC4)cc(C(F)(F)F)c3)n(C)c2c1Cl. The van der Waals surface area contributed by atoms with Crippen LogP contribution < -0.4 is 21.1 Å². The molecule has 0 aliphatic carbocycles. The molecule has 0 unspecified atom stereocenters. The second-order valence-corrected chi connectivity index (χ2v) is 9.29. The molecule has 39 heavy (non-hydrogen) atoms. The Balaban J connectivity index is 1.47. The number of pyridine rings is 1. The van der Waals surface area contributed by atoms with Crippen molar-refractivity contribution in [3.05, 3.63) is 64.8 Å². The molecule has 5 rings (SSSR count). The van der Waals surface area contributed by atoms with Gasteiger partial charge in [0.1, 0.15) is 16.2 Å². The number of rotatable bonds is 8. The van der Waals surface area contributed by atoms with Crippen molar-refractivity contribution in [2.45, 2.75) is 19.1 Å². The van der Waals surface area contributed by atoms with Gasteiger partial charge in [-0.15, -0.1) is 0 Å². The third-order valence-corrected chi connectivity index (χ3v) is 6.64. The van der Waals surface area contributed by atoms with E-state index in [-0.39, 0.29) is 33.8 Å². The van der Waals surface area contributed by atoms with Gasteiger partial charge in [0.05, 0.1) is 11.8 Å². The maximum atomic E-state index is 13.6. The number of nitrogens with zero attached hydrogens (tertiary/aromatic N) is 6. The average molecular weight is 560 g/mol. The second kappa shape index (κ2) is 10.6. The molecule has 204 valence electrons. The van der Waals surface area contributed by atoms with Gasteiger partial charge in [0, 0.05) is 44.9 Å². The van der Waals surface area contributed by atoms with Crippen LogP contribution >= 0.6 is 11.6 Å². The molecule has 14 heteroatoms. The minimum atomic E-state index is -4.49.